The van der Waals surface area contributed by atoms with E-state index in [1.54, 1.807) is 0 Å². The molecule has 0 bridgehead atoms. The van der Waals surface area contributed by atoms with Crippen LogP contribution in [0.2, 0.25) is 0 Å². The summed E-state index contributed by atoms with van der Waals surface area (Å²) in [6, 6.07) is 8.10. The van der Waals surface area contributed by atoms with Crippen molar-refractivity contribution in [1.29, 1.82) is 0 Å². The van der Waals surface area contributed by atoms with E-state index >= 15 is 0 Å². The third-order valence-corrected chi connectivity index (χ3v) is 4.81. The van der Waals surface area contributed by atoms with Crippen LogP contribution in [-0.2, 0) is 11.3 Å². The summed E-state index contributed by atoms with van der Waals surface area (Å²) < 4.78 is 5.35. The number of benzene rings is 1. The zero-order valence-electron chi connectivity index (χ0n) is 16.4. The third kappa shape index (κ3) is 8.81. The molecule has 0 heterocycles. The van der Waals surface area contributed by atoms with Crippen LogP contribution in [-0.4, -0.2) is 31.1 Å². The number of aliphatic imine (C=N–C) groups is 1. The van der Waals surface area contributed by atoms with Crippen LogP contribution in [0.15, 0.2) is 29.3 Å². The number of ether oxygens (including phenoxy) is 1. The van der Waals surface area contributed by atoms with Crippen molar-refractivity contribution in [3.05, 3.63) is 29.8 Å². The minimum Gasteiger partial charge on any atom is -0.484 e. The fourth-order valence-electron chi connectivity index (χ4n) is 3.29. The molecule has 4 N–H and O–H groups in total. The molecule has 0 radical (unpaired) electrons. The van der Waals surface area contributed by atoms with Crippen LogP contribution < -0.4 is 21.1 Å². The molecular formula is C20H33IN4O2. The van der Waals surface area contributed by atoms with Crippen LogP contribution >= 0.6 is 24.0 Å². The molecule has 1 amide bonds. The molecule has 0 saturated heterocycles. The molecule has 27 heavy (non-hydrogen) atoms. The first-order valence-electron chi connectivity index (χ1n) is 9.65. The van der Waals surface area contributed by atoms with Gasteiger partial charge in [0.15, 0.2) is 12.6 Å². The summed E-state index contributed by atoms with van der Waals surface area (Å²) >= 11 is 0. The fourth-order valence-corrected chi connectivity index (χ4v) is 3.29. The number of rotatable bonds is 8. The van der Waals surface area contributed by atoms with Crippen molar-refractivity contribution in [2.45, 2.75) is 58.5 Å². The second-order valence-corrected chi connectivity index (χ2v) is 6.87. The van der Waals surface area contributed by atoms with Crippen molar-refractivity contribution in [3.8, 4) is 5.75 Å². The molecule has 0 unspecified atom stereocenters. The molecule has 0 atom stereocenters. The number of halogens is 1. The second-order valence-electron chi connectivity index (χ2n) is 6.87. The van der Waals surface area contributed by atoms with Gasteiger partial charge in [0.25, 0.3) is 5.91 Å². The number of carbonyl (C=O) groups excluding carboxylic acids is 1. The van der Waals surface area contributed by atoms with Crippen LogP contribution in [0.4, 0.5) is 0 Å². The van der Waals surface area contributed by atoms with Crippen LogP contribution in [0.1, 0.15) is 51.5 Å². The van der Waals surface area contributed by atoms with Crippen molar-refractivity contribution in [3.63, 3.8) is 0 Å². The highest BCUT2D eigenvalue weighted by Crippen LogP contribution is 2.26. The molecule has 7 heteroatoms. The average Bonchev–Trinajstić information content (AvgIpc) is 2.65. The van der Waals surface area contributed by atoms with E-state index in [4.69, 9.17) is 15.5 Å². The highest BCUT2D eigenvalue weighted by Gasteiger charge is 2.20. The Labute approximate surface area is 179 Å². The molecule has 1 aliphatic carbocycles. The standard InChI is InChI=1S/C20H32N4O2.HI/c1-3-15-8-10-17(11-9-15)24-20(22-4-2)23-13-16-6-5-7-18(12-16)26-14-19(21)25;/h5-7,12,15,17H,3-4,8-11,13-14H2,1-2H3,(H2,21,25)(H2,22,23,24);1H. The summed E-state index contributed by atoms with van der Waals surface area (Å²) in [7, 11) is 0. The van der Waals surface area contributed by atoms with Gasteiger partial charge in [-0.05, 0) is 56.2 Å². The van der Waals surface area contributed by atoms with Crippen molar-refractivity contribution >= 4 is 35.8 Å². The number of nitrogens with two attached hydrogens (primary N) is 1. The molecule has 0 spiro atoms. The van der Waals surface area contributed by atoms with E-state index in [1.165, 1.54) is 32.1 Å². The lowest BCUT2D eigenvalue weighted by Gasteiger charge is -2.29. The smallest absolute Gasteiger partial charge is 0.255 e. The van der Waals surface area contributed by atoms with Gasteiger partial charge in [0, 0.05) is 12.6 Å². The highest BCUT2D eigenvalue weighted by molar-refractivity contribution is 14.0. The lowest BCUT2D eigenvalue weighted by Crippen LogP contribution is -2.44. The highest BCUT2D eigenvalue weighted by atomic mass is 127. The largest absolute Gasteiger partial charge is 0.484 e. The predicted octanol–water partition coefficient (Wildman–Crippen LogP) is 3.19. The summed E-state index contributed by atoms with van der Waals surface area (Å²) in [5.74, 6) is 1.89. The van der Waals surface area contributed by atoms with E-state index in [0.29, 0.717) is 18.3 Å². The Kier molecular flexibility index (Phi) is 11.2. The van der Waals surface area contributed by atoms with E-state index in [1.807, 2.05) is 24.3 Å². The van der Waals surface area contributed by atoms with Gasteiger partial charge in [-0.15, -0.1) is 24.0 Å². The molecule has 0 aliphatic heterocycles. The Morgan fingerprint density at radius 1 is 1.26 bits per heavy atom. The molecule has 0 aromatic heterocycles. The maximum absolute atomic E-state index is 10.8. The number of amides is 1. The Hall–Kier alpha value is -1.51. The van der Waals surface area contributed by atoms with Gasteiger partial charge in [0.1, 0.15) is 5.75 Å². The van der Waals surface area contributed by atoms with E-state index in [2.05, 4.69) is 24.5 Å². The monoisotopic (exact) mass is 488 g/mol. The summed E-state index contributed by atoms with van der Waals surface area (Å²) in [6.45, 7) is 5.62. The number of guanidine groups is 1. The summed E-state index contributed by atoms with van der Waals surface area (Å²) in [6.07, 6.45) is 6.30. The van der Waals surface area contributed by atoms with Crippen LogP contribution in [0.3, 0.4) is 0 Å². The average molecular weight is 488 g/mol. The number of carbonyl (C=O) groups is 1. The first kappa shape index (κ1) is 23.5. The summed E-state index contributed by atoms with van der Waals surface area (Å²) in [4.78, 5) is 15.5. The van der Waals surface area contributed by atoms with Gasteiger partial charge >= 0.3 is 0 Å². The first-order valence-corrected chi connectivity index (χ1v) is 9.65. The molecule has 1 saturated carbocycles. The maximum atomic E-state index is 10.8. The van der Waals surface area contributed by atoms with Crippen LogP contribution in [0.5, 0.6) is 5.75 Å². The first-order chi connectivity index (χ1) is 12.6. The maximum Gasteiger partial charge on any atom is 0.255 e. The Morgan fingerprint density at radius 2 is 2.00 bits per heavy atom. The zero-order chi connectivity index (χ0) is 18.8. The minimum atomic E-state index is -0.482. The number of primary amides is 1. The minimum absolute atomic E-state index is 0. The van der Waals surface area contributed by atoms with Crippen LogP contribution in [0, 0.1) is 5.92 Å². The van der Waals surface area contributed by atoms with Crippen LogP contribution in [0.25, 0.3) is 0 Å². The normalized spacial score (nSPS) is 19.7. The molecular weight excluding hydrogens is 455 g/mol. The lowest BCUT2D eigenvalue weighted by atomic mass is 9.84. The van der Waals surface area contributed by atoms with E-state index in [0.717, 1.165) is 24.0 Å². The van der Waals surface area contributed by atoms with Gasteiger partial charge in [0.2, 0.25) is 0 Å². The summed E-state index contributed by atoms with van der Waals surface area (Å²) in [5, 5.41) is 6.90. The molecule has 1 aromatic carbocycles. The van der Waals surface area contributed by atoms with Gasteiger partial charge in [-0.1, -0.05) is 25.5 Å². The number of hydrogen-bond acceptors (Lipinski definition) is 3. The summed E-state index contributed by atoms with van der Waals surface area (Å²) in [5.41, 5.74) is 6.14. The quantitative estimate of drug-likeness (QED) is 0.298. The molecule has 2 rings (SSSR count). The number of hydrogen-bond donors (Lipinski definition) is 3. The Morgan fingerprint density at radius 3 is 2.63 bits per heavy atom. The van der Waals surface area contributed by atoms with Gasteiger partial charge in [-0.2, -0.15) is 0 Å². The van der Waals surface area contributed by atoms with Crippen molar-refractivity contribution in [1.82, 2.24) is 10.6 Å². The van der Waals surface area contributed by atoms with E-state index in [9.17, 15) is 4.79 Å². The van der Waals surface area contributed by atoms with Gasteiger partial charge < -0.3 is 21.1 Å². The molecule has 1 aliphatic rings. The van der Waals surface area contributed by atoms with E-state index < -0.39 is 5.91 Å². The molecule has 152 valence electrons. The second kappa shape index (κ2) is 12.8. The number of nitrogens with zero attached hydrogens (tertiary/aromatic N) is 1. The third-order valence-electron chi connectivity index (χ3n) is 4.81. The lowest BCUT2D eigenvalue weighted by molar-refractivity contribution is -0.119. The number of nitrogens with one attached hydrogen (secondary N) is 2. The predicted molar refractivity (Wildman–Crippen MR) is 121 cm³/mol. The topological polar surface area (TPSA) is 88.7 Å². The molecule has 1 aromatic rings. The van der Waals surface area contributed by atoms with Crippen molar-refractivity contribution in [2.24, 2.45) is 16.6 Å². The van der Waals surface area contributed by atoms with Gasteiger partial charge in [-0.3, -0.25) is 4.79 Å². The van der Waals surface area contributed by atoms with Gasteiger partial charge in [-0.25, -0.2) is 4.99 Å². The van der Waals surface area contributed by atoms with Crippen molar-refractivity contribution < 1.29 is 9.53 Å². The van der Waals surface area contributed by atoms with Crippen molar-refractivity contribution in [2.75, 3.05) is 13.2 Å². The SMILES string of the molecule is CCNC(=NCc1cccc(OCC(N)=O)c1)NC1CCC(CC)CC1.I. The zero-order valence-corrected chi connectivity index (χ0v) is 18.7. The van der Waals surface area contributed by atoms with Gasteiger partial charge in [0.05, 0.1) is 6.54 Å². The van der Waals surface area contributed by atoms with E-state index in [-0.39, 0.29) is 30.6 Å². The fraction of sp³-hybridized carbons (Fsp3) is 0.600. The Bertz CT molecular complexity index is 601. The molecule has 6 nitrogen and oxygen atoms in total. The molecule has 1 fully saturated rings. The Balaban J connectivity index is 0.00000364.